The largest absolute Gasteiger partial charge is 0.486 e. The van der Waals surface area contributed by atoms with Crippen LogP contribution in [0.2, 0.25) is 0 Å². The van der Waals surface area contributed by atoms with Gasteiger partial charge in [-0.3, -0.25) is 9.48 Å². The van der Waals surface area contributed by atoms with Crippen LogP contribution in [0, 0.1) is 6.92 Å². The molecule has 1 aliphatic heterocycles. The Morgan fingerprint density at radius 3 is 2.52 bits per heavy atom. The van der Waals surface area contributed by atoms with Gasteiger partial charge >= 0.3 is 0 Å². The maximum absolute atomic E-state index is 13.5. The highest BCUT2D eigenvalue weighted by atomic mass is 16.6. The first kappa shape index (κ1) is 21.0. The minimum absolute atomic E-state index is 0.0152. The van der Waals surface area contributed by atoms with Gasteiger partial charge in [-0.2, -0.15) is 5.10 Å². The van der Waals surface area contributed by atoms with Crippen molar-refractivity contribution in [3.63, 3.8) is 0 Å². The van der Waals surface area contributed by atoms with Crippen molar-refractivity contribution in [1.29, 1.82) is 0 Å². The van der Waals surface area contributed by atoms with Gasteiger partial charge in [-0.15, -0.1) is 0 Å². The van der Waals surface area contributed by atoms with E-state index in [1.165, 1.54) is 5.56 Å². The number of carbonyl (C=O) groups excluding carboxylic acids is 1. The van der Waals surface area contributed by atoms with Crippen molar-refractivity contribution in [2.45, 2.75) is 39.3 Å². The third-order valence-corrected chi connectivity index (χ3v) is 5.67. The number of nitrogens with zero attached hydrogens (tertiary/aromatic N) is 3. The van der Waals surface area contributed by atoms with Crippen molar-refractivity contribution < 1.29 is 14.3 Å². The predicted octanol–water partition coefficient (Wildman–Crippen LogP) is 4.16. The number of fused-ring (bicyclic) bond motifs is 1. The Kier molecular flexibility index (Phi) is 6.26. The van der Waals surface area contributed by atoms with Crippen LogP contribution < -0.4 is 9.47 Å². The number of benzene rings is 2. The van der Waals surface area contributed by atoms with Crippen LogP contribution in [0.1, 0.15) is 40.7 Å². The average molecular weight is 420 g/mol. The molecule has 4 rings (SSSR count). The fourth-order valence-electron chi connectivity index (χ4n) is 3.94. The Labute approximate surface area is 183 Å². The second-order valence-electron chi connectivity index (χ2n) is 8.08. The van der Waals surface area contributed by atoms with E-state index in [4.69, 9.17) is 9.47 Å². The predicted molar refractivity (Wildman–Crippen MR) is 119 cm³/mol. The minimum Gasteiger partial charge on any atom is -0.486 e. The summed E-state index contributed by atoms with van der Waals surface area (Å²) in [5.74, 6) is 1.48. The van der Waals surface area contributed by atoms with E-state index in [9.17, 15) is 4.79 Å². The zero-order valence-electron chi connectivity index (χ0n) is 18.4. The number of hydrogen-bond donors (Lipinski definition) is 0. The van der Waals surface area contributed by atoms with Gasteiger partial charge in [-0.1, -0.05) is 36.4 Å². The second kappa shape index (κ2) is 9.25. The van der Waals surface area contributed by atoms with Gasteiger partial charge in [0.1, 0.15) is 18.9 Å². The maximum Gasteiger partial charge on any atom is 0.272 e. The second-order valence-corrected chi connectivity index (χ2v) is 8.08. The first-order valence-corrected chi connectivity index (χ1v) is 10.8. The third-order valence-electron chi connectivity index (χ3n) is 5.67. The fraction of sp³-hybridized carbons (Fsp3) is 0.360. The average Bonchev–Trinajstić information content (AvgIpc) is 3.13. The molecular formula is C25H29N3O3. The van der Waals surface area contributed by atoms with Crippen LogP contribution in [0.4, 0.5) is 0 Å². The van der Waals surface area contributed by atoms with E-state index < -0.39 is 0 Å². The molecule has 1 aromatic heterocycles. The molecular weight excluding hydrogens is 390 g/mol. The monoisotopic (exact) mass is 419 g/mol. The Hall–Kier alpha value is -3.28. The lowest BCUT2D eigenvalue weighted by Gasteiger charge is -2.30. The zero-order valence-corrected chi connectivity index (χ0v) is 18.4. The summed E-state index contributed by atoms with van der Waals surface area (Å²) in [6, 6.07) is 18.2. The molecule has 0 unspecified atom stereocenters. The normalized spacial score (nSPS) is 13.6. The minimum atomic E-state index is -0.0152. The molecule has 0 fully saturated rings. The molecule has 1 amide bonds. The maximum atomic E-state index is 13.5. The summed E-state index contributed by atoms with van der Waals surface area (Å²) in [5.41, 5.74) is 3.73. The summed E-state index contributed by atoms with van der Waals surface area (Å²) in [6.45, 7) is 5.62. The third kappa shape index (κ3) is 4.90. The number of aromatic nitrogens is 2. The Morgan fingerprint density at radius 2 is 1.81 bits per heavy atom. The van der Waals surface area contributed by atoms with Gasteiger partial charge < -0.3 is 14.4 Å². The molecule has 0 saturated carbocycles. The zero-order chi connectivity index (χ0) is 21.8. The lowest BCUT2D eigenvalue weighted by molar-refractivity contribution is 0.0655. The van der Waals surface area contributed by atoms with Crippen LogP contribution >= 0.6 is 0 Å². The van der Waals surface area contributed by atoms with Crippen LogP contribution in [-0.2, 0) is 20.0 Å². The lowest BCUT2D eigenvalue weighted by Crippen LogP contribution is -2.39. The van der Waals surface area contributed by atoms with Gasteiger partial charge in [0.15, 0.2) is 11.5 Å². The molecule has 0 spiro atoms. The summed E-state index contributed by atoms with van der Waals surface area (Å²) >= 11 is 0. The van der Waals surface area contributed by atoms with Crippen LogP contribution in [0.3, 0.4) is 0 Å². The first-order valence-electron chi connectivity index (χ1n) is 10.8. The molecule has 3 aromatic rings. The summed E-state index contributed by atoms with van der Waals surface area (Å²) in [7, 11) is 1.82. The fourth-order valence-corrected chi connectivity index (χ4v) is 3.94. The van der Waals surface area contributed by atoms with Gasteiger partial charge in [0.2, 0.25) is 0 Å². The molecule has 31 heavy (non-hydrogen) atoms. The van der Waals surface area contributed by atoms with Gasteiger partial charge in [-0.05, 0) is 56.0 Å². The van der Waals surface area contributed by atoms with E-state index in [0.29, 0.717) is 25.5 Å². The van der Waals surface area contributed by atoms with E-state index in [-0.39, 0.29) is 11.9 Å². The summed E-state index contributed by atoms with van der Waals surface area (Å²) < 4.78 is 13.0. The van der Waals surface area contributed by atoms with Crippen molar-refractivity contribution >= 4 is 5.91 Å². The summed E-state index contributed by atoms with van der Waals surface area (Å²) in [6.07, 6.45) is 1.79. The Morgan fingerprint density at radius 1 is 1.06 bits per heavy atom. The summed E-state index contributed by atoms with van der Waals surface area (Å²) in [5, 5.41) is 4.36. The van der Waals surface area contributed by atoms with Crippen molar-refractivity contribution in [3.05, 3.63) is 77.1 Å². The molecule has 1 atom stereocenters. The molecule has 0 saturated heterocycles. The van der Waals surface area contributed by atoms with Gasteiger partial charge in [0.05, 0.1) is 5.69 Å². The standard InChI is InChI=1S/C25H29N3O3/c1-18-15-22(27(3)26-18)25(29)28(19(2)9-10-20-7-5-4-6-8-20)17-21-11-12-23-24(16-21)31-14-13-30-23/h4-8,11-12,15-16,19H,9-10,13-14,17H2,1-3H3/t19-/m0/s1. The molecule has 1 aliphatic rings. The number of carbonyl (C=O) groups is 1. The van der Waals surface area contributed by atoms with E-state index in [1.54, 1.807) is 4.68 Å². The molecule has 0 aliphatic carbocycles. The lowest BCUT2D eigenvalue weighted by atomic mass is 10.0. The molecule has 6 nitrogen and oxygen atoms in total. The Bertz CT molecular complexity index is 1050. The number of ether oxygens (including phenoxy) is 2. The first-order chi connectivity index (χ1) is 15.0. The molecule has 0 N–H and O–H groups in total. The van der Waals surface area contributed by atoms with Crippen LogP contribution in [0.25, 0.3) is 0 Å². The van der Waals surface area contributed by atoms with Crippen LogP contribution in [0.5, 0.6) is 11.5 Å². The smallest absolute Gasteiger partial charge is 0.272 e. The van der Waals surface area contributed by atoms with E-state index in [1.807, 2.05) is 49.2 Å². The van der Waals surface area contributed by atoms with Crippen molar-refractivity contribution in [2.75, 3.05) is 13.2 Å². The summed E-state index contributed by atoms with van der Waals surface area (Å²) in [4.78, 5) is 15.5. The molecule has 162 valence electrons. The highest BCUT2D eigenvalue weighted by Crippen LogP contribution is 2.31. The molecule has 0 radical (unpaired) electrons. The highest BCUT2D eigenvalue weighted by Gasteiger charge is 2.25. The number of aryl methyl sites for hydroxylation is 3. The molecule has 0 bridgehead atoms. The van der Waals surface area contributed by atoms with E-state index >= 15 is 0 Å². The van der Waals surface area contributed by atoms with E-state index in [2.05, 4.69) is 36.3 Å². The van der Waals surface area contributed by atoms with Crippen molar-refractivity contribution in [2.24, 2.45) is 7.05 Å². The van der Waals surface area contributed by atoms with Crippen LogP contribution in [0.15, 0.2) is 54.6 Å². The molecule has 2 heterocycles. The topological polar surface area (TPSA) is 56.6 Å². The number of amides is 1. The van der Waals surface area contributed by atoms with Crippen molar-refractivity contribution in [1.82, 2.24) is 14.7 Å². The van der Waals surface area contributed by atoms with Crippen molar-refractivity contribution in [3.8, 4) is 11.5 Å². The Balaban J connectivity index is 1.57. The van der Waals surface area contributed by atoms with Gasteiger partial charge in [0.25, 0.3) is 5.91 Å². The van der Waals surface area contributed by atoms with E-state index in [0.717, 1.165) is 35.6 Å². The number of rotatable bonds is 7. The SMILES string of the molecule is Cc1cc(C(=O)N(Cc2ccc3c(c2)OCCO3)[C@@H](C)CCc2ccccc2)n(C)n1. The van der Waals surface area contributed by atoms with Crippen LogP contribution in [-0.4, -0.2) is 39.8 Å². The van der Waals surface area contributed by atoms with Gasteiger partial charge in [-0.25, -0.2) is 0 Å². The van der Waals surface area contributed by atoms with Gasteiger partial charge in [0, 0.05) is 19.6 Å². The molecule has 2 aromatic carbocycles. The number of hydrogen-bond acceptors (Lipinski definition) is 4. The molecule has 6 heteroatoms. The highest BCUT2D eigenvalue weighted by molar-refractivity contribution is 5.93. The quantitative estimate of drug-likeness (QED) is 0.577.